The number of carbonyl (C=O) groups excluding carboxylic acids is 1. The van der Waals surface area contributed by atoms with Crippen molar-refractivity contribution in [1.82, 2.24) is 0 Å². The van der Waals surface area contributed by atoms with Gasteiger partial charge in [-0.2, -0.15) is 0 Å². The van der Waals surface area contributed by atoms with Gasteiger partial charge >= 0.3 is 0 Å². The second kappa shape index (κ2) is 3.54. The van der Waals surface area contributed by atoms with Crippen molar-refractivity contribution in [2.24, 2.45) is 0 Å². The third-order valence-corrected chi connectivity index (χ3v) is 2.93. The summed E-state index contributed by atoms with van der Waals surface area (Å²) < 4.78 is 0.851. The van der Waals surface area contributed by atoms with Crippen molar-refractivity contribution >= 4 is 33.0 Å². The molecule has 2 rings (SSSR count). The summed E-state index contributed by atoms with van der Waals surface area (Å²) in [4.78, 5) is 10.7. The van der Waals surface area contributed by atoms with Crippen LogP contribution in [0.3, 0.4) is 0 Å². The van der Waals surface area contributed by atoms with Gasteiger partial charge in [0.1, 0.15) is 0 Å². The van der Waals surface area contributed by atoms with Crippen LogP contribution in [0.25, 0.3) is 10.8 Å². The highest BCUT2D eigenvalue weighted by Gasteiger charge is 2.01. The quantitative estimate of drug-likeness (QED) is 0.704. The highest BCUT2D eigenvalue weighted by Crippen LogP contribution is 2.24. The van der Waals surface area contributed by atoms with Crippen LogP contribution in [0.5, 0.6) is 0 Å². The van der Waals surface area contributed by atoms with E-state index in [9.17, 15) is 4.79 Å². The van der Waals surface area contributed by atoms with Crippen LogP contribution in [-0.4, -0.2) is 6.29 Å². The van der Waals surface area contributed by atoms with Crippen molar-refractivity contribution in [2.75, 3.05) is 0 Å². The van der Waals surface area contributed by atoms with E-state index in [0.29, 0.717) is 5.56 Å². The SMILES string of the molecule is Cc1ccc2cc(Br)c(C=O)cc2c1. The molecule has 0 fully saturated rings. The van der Waals surface area contributed by atoms with Gasteiger partial charge in [0.15, 0.2) is 6.29 Å². The van der Waals surface area contributed by atoms with Crippen molar-refractivity contribution in [2.45, 2.75) is 6.92 Å². The van der Waals surface area contributed by atoms with Crippen molar-refractivity contribution in [1.29, 1.82) is 0 Å². The van der Waals surface area contributed by atoms with E-state index >= 15 is 0 Å². The Bertz CT molecular complexity index is 503. The molecule has 0 aromatic heterocycles. The van der Waals surface area contributed by atoms with Crippen LogP contribution >= 0.6 is 15.9 Å². The standard InChI is InChI=1S/C12H9BrO/c1-8-2-3-9-6-12(13)11(7-14)5-10(9)4-8/h2-7H,1H3. The van der Waals surface area contributed by atoms with E-state index in [-0.39, 0.29) is 0 Å². The molecule has 0 unspecified atom stereocenters. The van der Waals surface area contributed by atoms with Crippen LogP contribution in [0, 0.1) is 6.92 Å². The molecule has 2 aromatic rings. The minimum Gasteiger partial charge on any atom is -0.298 e. The summed E-state index contributed by atoms with van der Waals surface area (Å²) in [7, 11) is 0. The Morgan fingerprint density at radius 3 is 2.64 bits per heavy atom. The number of hydrogen-bond acceptors (Lipinski definition) is 1. The average Bonchev–Trinajstić information content (AvgIpc) is 2.17. The molecule has 0 saturated heterocycles. The molecule has 70 valence electrons. The lowest BCUT2D eigenvalue weighted by molar-refractivity contribution is 0.112. The van der Waals surface area contributed by atoms with Gasteiger partial charge in [0.2, 0.25) is 0 Å². The summed E-state index contributed by atoms with van der Waals surface area (Å²) >= 11 is 3.36. The molecule has 0 spiro atoms. The summed E-state index contributed by atoms with van der Waals surface area (Å²) in [5.41, 5.74) is 1.90. The number of carbonyl (C=O) groups is 1. The Balaban J connectivity index is 2.79. The van der Waals surface area contributed by atoms with Gasteiger partial charge in [-0.15, -0.1) is 0 Å². The topological polar surface area (TPSA) is 17.1 Å². The Morgan fingerprint density at radius 1 is 1.14 bits per heavy atom. The number of aldehydes is 1. The maximum atomic E-state index is 10.7. The minimum atomic E-state index is 0.697. The van der Waals surface area contributed by atoms with Crippen LogP contribution < -0.4 is 0 Å². The van der Waals surface area contributed by atoms with Crippen LogP contribution in [0.2, 0.25) is 0 Å². The zero-order valence-corrected chi connectivity index (χ0v) is 9.34. The molecule has 0 heterocycles. The first kappa shape index (κ1) is 9.41. The van der Waals surface area contributed by atoms with Gasteiger partial charge < -0.3 is 0 Å². The molecule has 1 nitrogen and oxygen atoms in total. The lowest BCUT2D eigenvalue weighted by atomic mass is 10.1. The number of rotatable bonds is 1. The summed E-state index contributed by atoms with van der Waals surface area (Å²) in [6.45, 7) is 2.04. The van der Waals surface area contributed by atoms with E-state index in [0.717, 1.165) is 21.5 Å². The largest absolute Gasteiger partial charge is 0.298 e. The number of fused-ring (bicyclic) bond motifs is 1. The molecule has 0 bridgehead atoms. The van der Waals surface area contributed by atoms with E-state index in [2.05, 4.69) is 34.1 Å². The fraction of sp³-hybridized carbons (Fsp3) is 0.0833. The van der Waals surface area contributed by atoms with Gasteiger partial charge in [0.05, 0.1) is 0 Å². The van der Waals surface area contributed by atoms with Crippen molar-refractivity contribution in [3.05, 3.63) is 45.9 Å². The third-order valence-electron chi connectivity index (χ3n) is 2.24. The van der Waals surface area contributed by atoms with E-state index < -0.39 is 0 Å². The molecule has 2 aromatic carbocycles. The van der Waals surface area contributed by atoms with Crippen LogP contribution in [0.1, 0.15) is 15.9 Å². The Labute approximate surface area is 90.9 Å². The lowest BCUT2D eigenvalue weighted by Crippen LogP contribution is -1.84. The van der Waals surface area contributed by atoms with Gasteiger partial charge in [-0.05, 0) is 29.8 Å². The maximum Gasteiger partial charge on any atom is 0.151 e. The number of halogens is 1. The summed E-state index contributed by atoms with van der Waals surface area (Å²) in [5, 5.41) is 2.25. The zero-order valence-electron chi connectivity index (χ0n) is 7.75. The van der Waals surface area contributed by atoms with E-state index in [4.69, 9.17) is 0 Å². The van der Waals surface area contributed by atoms with Gasteiger partial charge in [-0.25, -0.2) is 0 Å². The van der Waals surface area contributed by atoms with Crippen LogP contribution in [-0.2, 0) is 0 Å². The molecule has 0 aliphatic rings. The highest BCUT2D eigenvalue weighted by molar-refractivity contribution is 9.10. The predicted molar refractivity (Wildman–Crippen MR) is 61.8 cm³/mol. The van der Waals surface area contributed by atoms with Crippen molar-refractivity contribution in [3.8, 4) is 0 Å². The van der Waals surface area contributed by atoms with Crippen molar-refractivity contribution < 1.29 is 4.79 Å². The molecule has 0 amide bonds. The molecule has 0 aliphatic heterocycles. The smallest absolute Gasteiger partial charge is 0.151 e. The fourth-order valence-electron chi connectivity index (χ4n) is 1.50. The van der Waals surface area contributed by atoms with E-state index in [1.807, 2.05) is 19.1 Å². The lowest BCUT2D eigenvalue weighted by Gasteiger charge is -2.02. The average molecular weight is 249 g/mol. The molecule has 0 atom stereocenters. The number of benzene rings is 2. The highest BCUT2D eigenvalue weighted by atomic mass is 79.9. The van der Waals surface area contributed by atoms with E-state index in [1.54, 1.807) is 0 Å². The monoisotopic (exact) mass is 248 g/mol. The molecule has 0 N–H and O–H groups in total. The molecule has 2 heteroatoms. The second-order valence-electron chi connectivity index (χ2n) is 3.34. The summed E-state index contributed by atoms with van der Waals surface area (Å²) in [6.07, 6.45) is 0.867. The Hall–Kier alpha value is -1.15. The Kier molecular flexibility index (Phi) is 2.38. The molecule has 0 saturated carbocycles. The summed E-state index contributed by atoms with van der Waals surface area (Å²) in [5.74, 6) is 0. The van der Waals surface area contributed by atoms with E-state index in [1.165, 1.54) is 5.56 Å². The fourth-order valence-corrected chi connectivity index (χ4v) is 1.95. The van der Waals surface area contributed by atoms with Gasteiger partial charge in [-0.1, -0.05) is 39.7 Å². The maximum absolute atomic E-state index is 10.7. The Morgan fingerprint density at radius 2 is 1.93 bits per heavy atom. The second-order valence-corrected chi connectivity index (χ2v) is 4.20. The molecule has 0 radical (unpaired) electrons. The number of aryl methyl sites for hydroxylation is 1. The predicted octanol–water partition coefficient (Wildman–Crippen LogP) is 3.72. The zero-order chi connectivity index (χ0) is 10.1. The molecular weight excluding hydrogens is 240 g/mol. The van der Waals surface area contributed by atoms with Gasteiger partial charge in [0.25, 0.3) is 0 Å². The van der Waals surface area contributed by atoms with Gasteiger partial charge in [-0.3, -0.25) is 4.79 Å². The molecule has 0 aliphatic carbocycles. The normalized spacial score (nSPS) is 10.4. The minimum absolute atomic E-state index is 0.697. The molecular formula is C12H9BrO. The molecule has 14 heavy (non-hydrogen) atoms. The first-order valence-corrected chi connectivity index (χ1v) is 5.15. The van der Waals surface area contributed by atoms with Crippen LogP contribution in [0.4, 0.5) is 0 Å². The van der Waals surface area contributed by atoms with Gasteiger partial charge in [0, 0.05) is 10.0 Å². The van der Waals surface area contributed by atoms with Crippen LogP contribution in [0.15, 0.2) is 34.8 Å². The first-order valence-electron chi connectivity index (χ1n) is 4.36. The number of hydrogen-bond donors (Lipinski definition) is 0. The summed E-state index contributed by atoms with van der Waals surface area (Å²) in [6, 6.07) is 10.1. The van der Waals surface area contributed by atoms with Crippen molar-refractivity contribution in [3.63, 3.8) is 0 Å². The third kappa shape index (κ3) is 1.58. The first-order chi connectivity index (χ1) is 6.70.